The molecule has 1 saturated carbocycles. The highest BCUT2D eigenvalue weighted by molar-refractivity contribution is 7.17. The van der Waals surface area contributed by atoms with Gasteiger partial charge in [-0.2, -0.15) is 0 Å². The van der Waals surface area contributed by atoms with Crippen molar-refractivity contribution in [3.05, 3.63) is 16.0 Å². The van der Waals surface area contributed by atoms with Crippen molar-refractivity contribution in [1.29, 1.82) is 0 Å². The summed E-state index contributed by atoms with van der Waals surface area (Å²) in [5.41, 5.74) is 2.00. The number of anilines is 1. The largest absolute Gasteiger partial charge is 0.336 e. The average Bonchev–Trinajstić information content (AvgIpc) is 3.37. The minimum absolute atomic E-state index is 0.0953. The third-order valence-corrected chi connectivity index (χ3v) is 6.18. The summed E-state index contributed by atoms with van der Waals surface area (Å²) in [6.45, 7) is 3.20. The fraction of sp³-hybridized carbons (Fsp3) is 0.647. The van der Waals surface area contributed by atoms with E-state index in [1.807, 2.05) is 4.90 Å². The zero-order chi connectivity index (χ0) is 15.8. The topological polar surface area (TPSA) is 61.4 Å². The third-order valence-electron chi connectivity index (χ3n) is 4.97. The number of rotatable bonds is 3. The van der Waals surface area contributed by atoms with E-state index in [2.05, 4.69) is 10.6 Å². The van der Waals surface area contributed by atoms with E-state index < -0.39 is 0 Å². The summed E-state index contributed by atoms with van der Waals surface area (Å²) in [6, 6.07) is 0. The van der Waals surface area contributed by atoms with Gasteiger partial charge in [-0.3, -0.25) is 9.59 Å². The van der Waals surface area contributed by atoms with E-state index in [0.717, 1.165) is 68.8 Å². The van der Waals surface area contributed by atoms with Crippen LogP contribution in [0, 0.1) is 5.92 Å². The van der Waals surface area contributed by atoms with Gasteiger partial charge in [0.1, 0.15) is 5.00 Å². The van der Waals surface area contributed by atoms with Crippen LogP contribution in [0.25, 0.3) is 0 Å². The maximum Gasteiger partial charge on any atom is 0.257 e. The summed E-state index contributed by atoms with van der Waals surface area (Å²) in [5, 5.41) is 7.16. The first-order valence-electron chi connectivity index (χ1n) is 8.69. The molecule has 1 aromatic rings. The highest BCUT2D eigenvalue weighted by Gasteiger charge is 2.33. The summed E-state index contributed by atoms with van der Waals surface area (Å²) < 4.78 is 0. The van der Waals surface area contributed by atoms with E-state index in [9.17, 15) is 9.59 Å². The summed E-state index contributed by atoms with van der Waals surface area (Å²) in [6.07, 6.45) is 6.31. The quantitative estimate of drug-likeness (QED) is 0.890. The number of carbonyl (C=O) groups excluding carboxylic acids is 2. The molecule has 5 nitrogen and oxygen atoms in total. The third kappa shape index (κ3) is 3.02. The highest BCUT2D eigenvalue weighted by atomic mass is 32.1. The molecule has 2 aliphatic carbocycles. The van der Waals surface area contributed by atoms with Crippen molar-refractivity contribution in [3.8, 4) is 0 Å². The van der Waals surface area contributed by atoms with Gasteiger partial charge in [0.25, 0.3) is 5.91 Å². The van der Waals surface area contributed by atoms with Crippen molar-refractivity contribution in [3.63, 3.8) is 0 Å². The van der Waals surface area contributed by atoms with Gasteiger partial charge in [-0.05, 0) is 44.1 Å². The Labute approximate surface area is 140 Å². The van der Waals surface area contributed by atoms with E-state index in [-0.39, 0.29) is 17.7 Å². The van der Waals surface area contributed by atoms with Crippen LogP contribution in [0.2, 0.25) is 0 Å². The molecule has 2 N–H and O–H groups in total. The van der Waals surface area contributed by atoms with Gasteiger partial charge in [0.15, 0.2) is 0 Å². The Morgan fingerprint density at radius 2 is 1.87 bits per heavy atom. The summed E-state index contributed by atoms with van der Waals surface area (Å²) in [7, 11) is 0. The number of carbonyl (C=O) groups is 2. The van der Waals surface area contributed by atoms with Crippen LogP contribution in [0.5, 0.6) is 0 Å². The maximum absolute atomic E-state index is 13.1. The number of nitrogens with zero attached hydrogens (tertiary/aromatic N) is 1. The number of hydrogen-bond acceptors (Lipinski definition) is 4. The molecule has 1 aliphatic heterocycles. The molecule has 0 bridgehead atoms. The lowest BCUT2D eigenvalue weighted by Gasteiger charge is -2.28. The lowest BCUT2D eigenvalue weighted by molar-refractivity contribution is -0.117. The van der Waals surface area contributed by atoms with Crippen LogP contribution in [0.4, 0.5) is 5.00 Å². The van der Waals surface area contributed by atoms with Crippen molar-refractivity contribution >= 4 is 28.2 Å². The van der Waals surface area contributed by atoms with Crippen molar-refractivity contribution in [1.82, 2.24) is 10.2 Å². The second kappa shape index (κ2) is 6.24. The molecule has 0 spiro atoms. The van der Waals surface area contributed by atoms with Crippen LogP contribution in [-0.4, -0.2) is 42.9 Å². The number of aryl methyl sites for hydroxylation is 1. The second-order valence-electron chi connectivity index (χ2n) is 6.72. The van der Waals surface area contributed by atoms with Gasteiger partial charge in [0, 0.05) is 37.0 Å². The highest BCUT2D eigenvalue weighted by Crippen LogP contribution is 2.40. The van der Waals surface area contributed by atoms with Gasteiger partial charge < -0.3 is 15.5 Å². The van der Waals surface area contributed by atoms with Crippen LogP contribution in [0.1, 0.15) is 46.5 Å². The normalized spacial score (nSPS) is 21.0. The molecule has 1 aromatic heterocycles. The van der Waals surface area contributed by atoms with Gasteiger partial charge >= 0.3 is 0 Å². The minimum Gasteiger partial charge on any atom is -0.336 e. The minimum atomic E-state index is 0.0953. The van der Waals surface area contributed by atoms with Crippen LogP contribution in [0.3, 0.4) is 0 Å². The molecule has 23 heavy (non-hydrogen) atoms. The van der Waals surface area contributed by atoms with Crippen LogP contribution in [0.15, 0.2) is 0 Å². The number of amides is 2. The van der Waals surface area contributed by atoms with Crippen molar-refractivity contribution < 1.29 is 9.59 Å². The van der Waals surface area contributed by atoms with E-state index in [0.29, 0.717) is 0 Å². The molecule has 124 valence electrons. The van der Waals surface area contributed by atoms with Gasteiger partial charge in [-0.15, -0.1) is 11.3 Å². The Morgan fingerprint density at radius 1 is 1.13 bits per heavy atom. The summed E-state index contributed by atoms with van der Waals surface area (Å²) in [5.74, 6) is 0.367. The number of piperazine rings is 1. The Bertz CT molecular complexity index is 630. The van der Waals surface area contributed by atoms with E-state index >= 15 is 0 Å². The molecule has 0 aromatic carbocycles. The fourth-order valence-corrected chi connectivity index (χ4v) is 4.75. The first-order chi connectivity index (χ1) is 11.2. The predicted molar refractivity (Wildman–Crippen MR) is 91.1 cm³/mol. The molecule has 3 aliphatic rings. The zero-order valence-electron chi connectivity index (χ0n) is 13.3. The Balaban J connectivity index is 1.65. The maximum atomic E-state index is 13.1. The van der Waals surface area contributed by atoms with Crippen LogP contribution >= 0.6 is 11.3 Å². The molecule has 1 saturated heterocycles. The molecule has 0 radical (unpaired) electrons. The summed E-state index contributed by atoms with van der Waals surface area (Å²) >= 11 is 1.63. The molecular weight excluding hydrogens is 310 g/mol. The SMILES string of the molecule is O=C(Nc1sc2c(c1C(=O)N1CCNCC1)CCCC2)C1CC1. The smallest absolute Gasteiger partial charge is 0.257 e. The number of fused-ring (bicyclic) bond motifs is 1. The number of nitrogens with one attached hydrogen (secondary N) is 2. The van der Waals surface area contributed by atoms with Crippen LogP contribution < -0.4 is 10.6 Å². The Kier molecular flexibility index (Phi) is 4.11. The van der Waals surface area contributed by atoms with E-state index in [1.165, 1.54) is 16.9 Å². The lowest BCUT2D eigenvalue weighted by atomic mass is 9.95. The monoisotopic (exact) mass is 333 g/mol. The molecule has 2 fully saturated rings. The standard InChI is InChI=1S/C17H23N3O2S/c21-15(11-5-6-11)19-16-14(12-3-1-2-4-13(12)23-16)17(22)20-9-7-18-8-10-20/h11,18H,1-10H2,(H,19,21). The lowest BCUT2D eigenvalue weighted by Crippen LogP contribution is -2.46. The average molecular weight is 333 g/mol. The predicted octanol–water partition coefficient (Wildman–Crippen LogP) is 2.02. The van der Waals surface area contributed by atoms with Crippen molar-refractivity contribution in [2.45, 2.75) is 38.5 Å². The summed E-state index contributed by atoms with van der Waals surface area (Å²) in [4.78, 5) is 28.5. The van der Waals surface area contributed by atoms with Crippen LogP contribution in [-0.2, 0) is 17.6 Å². The van der Waals surface area contributed by atoms with E-state index in [4.69, 9.17) is 0 Å². The zero-order valence-corrected chi connectivity index (χ0v) is 14.1. The van der Waals surface area contributed by atoms with Gasteiger partial charge in [0.2, 0.25) is 5.91 Å². The van der Waals surface area contributed by atoms with Gasteiger partial charge in [0.05, 0.1) is 5.56 Å². The first kappa shape index (κ1) is 15.1. The Morgan fingerprint density at radius 3 is 2.61 bits per heavy atom. The number of thiophene rings is 1. The molecular formula is C17H23N3O2S. The Hall–Kier alpha value is -1.40. The van der Waals surface area contributed by atoms with E-state index in [1.54, 1.807) is 11.3 Å². The van der Waals surface area contributed by atoms with Crippen molar-refractivity contribution in [2.24, 2.45) is 5.92 Å². The molecule has 0 unspecified atom stereocenters. The molecule has 2 amide bonds. The fourth-order valence-electron chi connectivity index (χ4n) is 3.47. The molecule has 0 atom stereocenters. The van der Waals surface area contributed by atoms with Gasteiger partial charge in [-0.1, -0.05) is 0 Å². The van der Waals surface area contributed by atoms with Crippen molar-refractivity contribution in [2.75, 3.05) is 31.5 Å². The second-order valence-corrected chi connectivity index (χ2v) is 7.83. The first-order valence-corrected chi connectivity index (χ1v) is 9.51. The van der Waals surface area contributed by atoms with Gasteiger partial charge in [-0.25, -0.2) is 0 Å². The number of hydrogen-bond donors (Lipinski definition) is 2. The molecule has 2 heterocycles. The molecule has 4 rings (SSSR count). The molecule has 6 heteroatoms.